The first-order valence-electron chi connectivity index (χ1n) is 5.82. The lowest BCUT2D eigenvalue weighted by Gasteiger charge is -2.26. The molecule has 2 N–H and O–H groups in total. The highest BCUT2D eigenvalue weighted by molar-refractivity contribution is 8.00. The summed E-state index contributed by atoms with van der Waals surface area (Å²) in [6.07, 6.45) is 0.544. The van der Waals surface area contributed by atoms with Gasteiger partial charge in [-0.1, -0.05) is 6.92 Å². The predicted molar refractivity (Wildman–Crippen MR) is 71.7 cm³/mol. The number of rotatable bonds is 3. The van der Waals surface area contributed by atoms with Gasteiger partial charge in [0.1, 0.15) is 11.4 Å². The molecule has 2 unspecified atom stereocenters. The molecule has 1 aromatic rings. The molecule has 0 amide bonds. The maximum atomic E-state index is 13.3. The number of aliphatic carboxylic acids is 1. The van der Waals surface area contributed by atoms with Gasteiger partial charge in [-0.3, -0.25) is 0 Å². The third kappa shape index (κ3) is 2.61. The van der Waals surface area contributed by atoms with Crippen LogP contribution in [0.2, 0.25) is 0 Å². The summed E-state index contributed by atoms with van der Waals surface area (Å²) in [6.45, 7) is 3.79. The first-order chi connectivity index (χ1) is 8.41. The molecule has 1 saturated heterocycles. The quantitative estimate of drug-likeness (QED) is 0.886. The molecule has 0 spiro atoms. The fourth-order valence-corrected chi connectivity index (χ4v) is 3.55. The summed E-state index contributed by atoms with van der Waals surface area (Å²) in [7, 11) is 0. The van der Waals surface area contributed by atoms with Crippen molar-refractivity contribution in [3.8, 4) is 0 Å². The highest BCUT2D eigenvalue weighted by atomic mass is 32.2. The van der Waals surface area contributed by atoms with E-state index in [4.69, 9.17) is 0 Å². The normalized spacial score (nSPS) is 27.2. The number of nitrogens with one attached hydrogen (secondary N) is 1. The van der Waals surface area contributed by atoms with Crippen LogP contribution in [-0.4, -0.2) is 27.6 Å². The molecule has 0 aliphatic carbocycles. The van der Waals surface area contributed by atoms with E-state index >= 15 is 0 Å². The maximum absolute atomic E-state index is 13.3. The Morgan fingerprint density at radius 1 is 1.56 bits per heavy atom. The lowest BCUT2D eigenvalue weighted by molar-refractivity contribution is -0.141. The molecule has 0 aromatic heterocycles. The number of carboxylic acid groups (broad SMARTS) is 1. The van der Waals surface area contributed by atoms with Crippen LogP contribution in [0.3, 0.4) is 0 Å². The van der Waals surface area contributed by atoms with E-state index in [1.807, 2.05) is 6.92 Å². The van der Waals surface area contributed by atoms with Crippen LogP contribution in [0.15, 0.2) is 18.2 Å². The number of carbonyl (C=O) groups is 1. The largest absolute Gasteiger partial charge is 0.479 e. The Labute approximate surface area is 110 Å². The number of hydrogen-bond acceptors (Lipinski definition) is 3. The van der Waals surface area contributed by atoms with Crippen molar-refractivity contribution < 1.29 is 14.3 Å². The average Bonchev–Trinajstić information content (AvgIpc) is 2.59. The van der Waals surface area contributed by atoms with Crippen LogP contribution >= 0.6 is 11.8 Å². The summed E-state index contributed by atoms with van der Waals surface area (Å²) < 4.78 is 13.3. The molecule has 98 valence electrons. The van der Waals surface area contributed by atoms with E-state index in [2.05, 4.69) is 5.32 Å². The minimum absolute atomic E-state index is 0.295. The molecule has 1 heterocycles. The van der Waals surface area contributed by atoms with Gasteiger partial charge in [-0.2, -0.15) is 11.8 Å². The minimum atomic E-state index is -0.982. The van der Waals surface area contributed by atoms with Gasteiger partial charge in [0.2, 0.25) is 0 Å². The number of benzene rings is 1. The Morgan fingerprint density at radius 2 is 2.28 bits per heavy atom. The fourth-order valence-electron chi connectivity index (χ4n) is 2.27. The number of aryl methyl sites for hydroxylation is 1. The van der Waals surface area contributed by atoms with Crippen LogP contribution in [-0.2, 0) is 4.79 Å². The third-order valence-electron chi connectivity index (χ3n) is 3.09. The van der Waals surface area contributed by atoms with Crippen molar-refractivity contribution in [2.75, 3.05) is 11.1 Å². The van der Waals surface area contributed by atoms with E-state index in [0.29, 0.717) is 23.1 Å². The molecule has 0 saturated carbocycles. The molecular weight excluding hydrogens is 253 g/mol. The van der Waals surface area contributed by atoms with Crippen molar-refractivity contribution in [2.24, 2.45) is 0 Å². The van der Waals surface area contributed by atoms with Gasteiger partial charge in [0.15, 0.2) is 0 Å². The van der Waals surface area contributed by atoms with Gasteiger partial charge in [-0.15, -0.1) is 0 Å². The summed E-state index contributed by atoms with van der Waals surface area (Å²) in [5.74, 6) is -0.725. The Bertz CT molecular complexity index is 460. The third-order valence-corrected chi connectivity index (χ3v) is 4.48. The summed E-state index contributed by atoms with van der Waals surface area (Å²) in [4.78, 5) is 11.5. The second-order valence-electron chi connectivity index (χ2n) is 4.86. The zero-order valence-corrected chi connectivity index (χ0v) is 11.2. The van der Waals surface area contributed by atoms with Gasteiger partial charge in [-0.25, -0.2) is 9.18 Å². The van der Waals surface area contributed by atoms with E-state index in [9.17, 15) is 14.3 Å². The molecule has 1 aliphatic heterocycles. The number of thioether (sulfide) groups is 1. The van der Waals surface area contributed by atoms with Crippen molar-refractivity contribution in [3.05, 3.63) is 29.6 Å². The van der Waals surface area contributed by atoms with E-state index in [0.717, 1.165) is 5.56 Å². The van der Waals surface area contributed by atoms with Crippen LogP contribution in [0.4, 0.5) is 10.1 Å². The first kappa shape index (κ1) is 13.2. The van der Waals surface area contributed by atoms with Crippen molar-refractivity contribution in [1.82, 2.24) is 0 Å². The summed E-state index contributed by atoms with van der Waals surface area (Å²) in [6, 6.07) is 4.53. The lowest BCUT2D eigenvalue weighted by Crippen LogP contribution is -2.46. The molecule has 1 fully saturated rings. The Kier molecular flexibility index (Phi) is 3.52. The van der Waals surface area contributed by atoms with Gasteiger partial charge in [0, 0.05) is 16.7 Å². The summed E-state index contributed by atoms with van der Waals surface area (Å²) in [5.41, 5.74) is 0.325. The number of carboxylic acids is 1. The van der Waals surface area contributed by atoms with Crippen LogP contribution in [0.25, 0.3) is 0 Å². The Hall–Kier alpha value is -1.23. The minimum Gasteiger partial charge on any atom is -0.479 e. The Balaban J connectivity index is 2.27. The van der Waals surface area contributed by atoms with E-state index < -0.39 is 11.5 Å². The summed E-state index contributed by atoms with van der Waals surface area (Å²) in [5, 5.41) is 12.7. The molecule has 0 bridgehead atoms. The molecule has 1 aliphatic rings. The molecular formula is C13H16FNO2S. The van der Waals surface area contributed by atoms with Gasteiger partial charge in [0.25, 0.3) is 0 Å². The standard InChI is InChI=1S/C13H16FNO2S/c1-8-3-10(14)5-11(4-8)15-13(12(16)17)6-9(2)18-7-13/h3-5,9,15H,6-7H2,1-2H3,(H,16,17). The first-order valence-corrected chi connectivity index (χ1v) is 6.86. The van der Waals surface area contributed by atoms with Crippen molar-refractivity contribution >= 4 is 23.4 Å². The van der Waals surface area contributed by atoms with Crippen molar-refractivity contribution in [3.63, 3.8) is 0 Å². The molecule has 18 heavy (non-hydrogen) atoms. The van der Waals surface area contributed by atoms with E-state index in [1.165, 1.54) is 12.1 Å². The average molecular weight is 269 g/mol. The van der Waals surface area contributed by atoms with E-state index in [-0.39, 0.29) is 5.82 Å². The molecule has 2 atom stereocenters. The Morgan fingerprint density at radius 3 is 2.78 bits per heavy atom. The molecule has 2 rings (SSSR count). The van der Waals surface area contributed by atoms with Crippen LogP contribution in [0.5, 0.6) is 0 Å². The van der Waals surface area contributed by atoms with Gasteiger partial charge < -0.3 is 10.4 Å². The van der Waals surface area contributed by atoms with Crippen molar-refractivity contribution in [1.29, 1.82) is 0 Å². The molecule has 3 nitrogen and oxygen atoms in total. The van der Waals surface area contributed by atoms with Crippen LogP contribution < -0.4 is 5.32 Å². The topological polar surface area (TPSA) is 49.3 Å². The zero-order valence-electron chi connectivity index (χ0n) is 10.4. The maximum Gasteiger partial charge on any atom is 0.330 e. The van der Waals surface area contributed by atoms with Gasteiger partial charge in [0.05, 0.1) is 0 Å². The predicted octanol–water partition coefficient (Wildman–Crippen LogP) is 2.89. The highest BCUT2D eigenvalue weighted by Crippen LogP contribution is 2.37. The SMILES string of the molecule is Cc1cc(F)cc(NC2(C(=O)O)CSC(C)C2)c1. The number of anilines is 1. The second kappa shape index (κ2) is 4.80. The highest BCUT2D eigenvalue weighted by Gasteiger charge is 2.45. The van der Waals surface area contributed by atoms with Crippen LogP contribution in [0, 0.1) is 12.7 Å². The fraction of sp³-hybridized carbons (Fsp3) is 0.462. The smallest absolute Gasteiger partial charge is 0.330 e. The van der Waals surface area contributed by atoms with Crippen molar-refractivity contribution in [2.45, 2.75) is 31.1 Å². The number of hydrogen-bond donors (Lipinski definition) is 2. The van der Waals surface area contributed by atoms with Crippen LogP contribution in [0.1, 0.15) is 18.9 Å². The van der Waals surface area contributed by atoms with E-state index in [1.54, 1.807) is 24.8 Å². The molecule has 0 radical (unpaired) electrons. The molecule has 5 heteroatoms. The second-order valence-corrected chi connectivity index (χ2v) is 6.28. The summed E-state index contributed by atoms with van der Waals surface area (Å²) >= 11 is 1.62. The van der Waals surface area contributed by atoms with Gasteiger partial charge in [-0.05, 0) is 37.1 Å². The zero-order chi connectivity index (χ0) is 13.3. The monoisotopic (exact) mass is 269 g/mol. The molecule has 1 aromatic carbocycles. The lowest BCUT2D eigenvalue weighted by atomic mass is 9.95. The number of halogens is 1. The van der Waals surface area contributed by atoms with Gasteiger partial charge >= 0.3 is 5.97 Å².